The van der Waals surface area contributed by atoms with Crippen LogP contribution in [0.1, 0.15) is 37.7 Å². The van der Waals surface area contributed by atoms with E-state index < -0.39 is 0 Å². The molecule has 1 aliphatic rings. The highest BCUT2D eigenvalue weighted by Gasteiger charge is 2.29. The summed E-state index contributed by atoms with van der Waals surface area (Å²) in [6, 6.07) is 7.44. The van der Waals surface area contributed by atoms with Crippen LogP contribution in [0, 0.1) is 0 Å². The van der Waals surface area contributed by atoms with Crippen LogP contribution in [-0.2, 0) is 14.3 Å². The second-order valence-electron chi connectivity index (χ2n) is 4.70. The Kier molecular flexibility index (Phi) is 5.23. The summed E-state index contributed by atoms with van der Waals surface area (Å²) >= 11 is 6.20. The minimum absolute atomic E-state index is 0.130. The van der Waals surface area contributed by atoms with Crippen LogP contribution < -0.4 is 0 Å². The lowest BCUT2D eigenvalue weighted by Crippen LogP contribution is -2.21. The van der Waals surface area contributed by atoms with E-state index >= 15 is 0 Å². The number of carbonyl (C=O) groups excluding carboxylic acids is 1. The van der Waals surface area contributed by atoms with Crippen LogP contribution in [0.2, 0.25) is 5.02 Å². The van der Waals surface area contributed by atoms with E-state index in [0.717, 1.165) is 25.0 Å². The Labute approximate surface area is 118 Å². The molecule has 104 valence electrons. The van der Waals surface area contributed by atoms with Crippen molar-refractivity contribution in [2.24, 2.45) is 0 Å². The first-order chi connectivity index (χ1) is 9.22. The van der Waals surface area contributed by atoms with Crippen molar-refractivity contribution in [3.63, 3.8) is 0 Å². The van der Waals surface area contributed by atoms with E-state index in [-0.39, 0.29) is 18.0 Å². The van der Waals surface area contributed by atoms with E-state index in [1.807, 2.05) is 25.1 Å². The number of esters is 1. The molecule has 0 spiro atoms. The van der Waals surface area contributed by atoms with Gasteiger partial charge in [-0.3, -0.25) is 4.79 Å². The normalized spacial score (nSPS) is 20.2. The Morgan fingerprint density at radius 1 is 1.53 bits per heavy atom. The van der Waals surface area contributed by atoms with Crippen LogP contribution in [0.3, 0.4) is 0 Å². The first kappa shape index (κ1) is 14.4. The van der Waals surface area contributed by atoms with Gasteiger partial charge in [0, 0.05) is 11.6 Å². The Morgan fingerprint density at radius 2 is 2.32 bits per heavy atom. The summed E-state index contributed by atoms with van der Waals surface area (Å²) in [5.74, 6) is -0.553. The zero-order valence-corrected chi connectivity index (χ0v) is 11.9. The lowest BCUT2D eigenvalue weighted by molar-refractivity contribution is -0.145. The number of hydrogen-bond acceptors (Lipinski definition) is 3. The predicted octanol–water partition coefficient (Wildman–Crippen LogP) is 3.56. The van der Waals surface area contributed by atoms with Gasteiger partial charge in [0.25, 0.3) is 0 Å². The number of ether oxygens (including phenoxy) is 2. The highest BCUT2D eigenvalue weighted by Crippen LogP contribution is 2.32. The Bertz CT molecular complexity index is 427. The molecule has 1 saturated heterocycles. The molecule has 1 aromatic carbocycles. The third-order valence-electron chi connectivity index (χ3n) is 3.37. The van der Waals surface area contributed by atoms with Crippen LogP contribution in [0.4, 0.5) is 0 Å². The van der Waals surface area contributed by atoms with Gasteiger partial charge in [-0.05, 0) is 37.8 Å². The van der Waals surface area contributed by atoms with Gasteiger partial charge in [0.05, 0.1) is 18.6 Å². The third-order valence-corrected chi connectivity index (χ3v) is 3.72. The number of halogens is 1. The number of carbonyl (C=O) groups is 1. The Hall–Kier alpha value is -1.06. The highest BCUT2D eigenvalue weighted by molar-refractivity contribution is 6.31. The standard InChI is InChI=1S/C15H19ClO3/c1-2-18-15(17)13(10-11-6-5-9-19-11)12-7-3-4-8-14(12)16/h3-4,7-8,11,13H,2,5-6,9-10H2,1H3. The molecular formula is C15H19ClO3. The van der Waals surface area contributed by atoms with Crippen molar-refractivity contribution < 1.29 is 14.3 Å². The van der Waals surface area contributed by atoms with Crippen molar-refractivity contribution in [3.05, 3.63) is 34.9 Å². The molecule has 0 bridgehead atoms. The topological polar surface area (TPSA) is 35.5 Å². The summed E-state index contributed by atoms with van der Waals surface area (Å²) < 4.78 is 10.8. The Morgan fingerprint density at radius 3 is 2.95 bits per heavy atom. The first-order valence-electron chi connectivity index (χ1n) is 6.75. The van der Waals surface area contributed by atoms with Crippen LogP contribution in [-0.4, -0.2) is 25.3 Å². The third kappa shape index (κ3) is 3.71. The van der Waals surface area contributed by atoms with Gasteiger partial charge >= 0.3 is 5.97 Å². The minimum Gasteiger partial charge on any atom is -0.466 e. The molecule has 0 saturated carbocycles. The lowest BCUT2D eigenvalue weighted by Gasteiger charge is -2.20. The smallest absolute Gasteiger partial charge is 0.313 e. The average molecular weight is 283 g/mol. The second kappa shape index (κ2) is 6.92. The summed E-state index contributed by atoms with van der Waals surface area (Å²) in [6.45, 7) is 2.97. The number of benzene rings is 1. The fourth-order valence-corrected chi connectivity index (χ4v) is 2.71. The number of rotatable bonds is 5. The van der Waals surface area contributed by atoms with Gasteiger partial charge in [0.15, 0.2) is 0 Å². The minimum atomic E-state index is -0.336. The molecule has 0 amide bonds. The zero-order valence-electron chi connectivity index (χ0n) is 11.1. The molecule has 1 fully saturated rings. The number of hydrogen-bond donors (Lipinski definition) is 0. The maximum atomic E-state index is 12.1. The first-order valence-corrected chi connectivity index (χ1v) is 7.12. The average Bonchev–Trinajstić information content (AvgIpc) is 2.90. The fourth-order valence-electron chi connectivity index (χ4n) is 2.44. The largest absolute Gasteiger partial charge is 0.466 e. The van der Waals surface area contributed by atoms with Crippen molar-refractivity contribution in [2.75, 3.05) is 13.2 Å². The molecule has 1 heterocycles. The van der Waals surface area contributed by atoms with Gasteiger partial charge < -0.3 is 9.47 Å². The van der Waals surface area contributed by atoms with E-state index in [1.165, 1.54) is 0 Å². The summed E-state index contributed by atoms with van der Waals surface area (Å²) in [6.07, 6.45) is 2.83. The summed E-state index contributed by atoms with van der Waals surface area (Å²) in [4.78, 5) is 12.1. The molecule has 4 heteroatoms. The second-order valence-corrected chi connectivity index (χ2v) is 5.10. The molecule has 0 aromatic heterocycles. The Balaban J connectivity index is 2.18. The molecule has 1 aliphatic heterocycles. The molecule has 0 aliphatic carbocycles. The van der Waals surface area contributed by atoms with E-state index in [2.05, 4.69) is 0 Å². The lowest BCUT2D eigenvalue weighted by atomic mass is 9.92. The monoisotopic (exact) mass is 282 g/mol. The molecule has 2 unspecified atom stereocenters. The highest BCUT2D eigenvalue weighted by atomic mass is 35.5. The summed E-state index contributed by atoms with van der Waals surface area (Å²) in [5.41, 5.74) is 0.832. The van der Waals surface area contributed by atoms with Crippen LogP contribution >= 0.6 is 11.6 Å². The van der Waals surface area contributed by atoms with Gasteiger partial charge in [-0.15, -0.1) is 0 Å². The summed E-state index contributed by atoms with van der Waals surface area (Å²) in [5, 5.41) is 0.610. The van der Waals surface area contributed by atoms with E-state index in [4.69, 9.17) is 21.1 Å². The molecule has 0 radical (unpaired) electrons. The van der Waals surface area contributed by atoms with Crippen LogP contribution in [0.5, 0.6) is 0 Å². The maximum absolute atomic E-state index is 12.1. The van der Waals surface area contributed by atoms with Gasteiger partial charge in [-0.25, -0.2) is 0 Å². The predicted molar refractivity (Wildman–Crippen MR) is 74.4 cm³/mol. The van der Waals surface area contributed by atoms with E-state index in [0.29, 0.717) is 18.1 Å². The van der Waals surface area contributed by atoms with E-state index in [1.54, 1.807) is 6.07 Å². The molecule has 2 atom stereocenters. The van der Waals surface area contributed by atoms with Crippen molar-refractivity contribution in [2.45, 2.75) is 38.2 Å². The van der Waals surface area contributed by atoms with Gasteiger partial charge in [-0.1, -0.05) is 29.8 Å². The van der Waals surface area contributed by atoms with Crippen LogP contribution in [0.25, 0.3) is 0 Å². The van der Waals surface area contributed by atoms with Crippen molar-refractivity contribution >= 4 is 17.6 Å². The molecule has 3 nitrogen and oxygen atoms in total. The summed E-state index contributed by atoms with van der Waals surface area (Å²) in [7, 11) is 0. The molecular weight excluding hydrogens is 264 g/mol. The quantitative estimate of drug-likeness (QED) is 0.775. The van der Waals surface area contributed by atoms with Gasteiger partial charge in [0.1, 0.15) is 0 Å². The molecule has 0 N–H and O–H groups in total. The van der Waals surface area contributed by atoms with Crippen molar-refractivity contribution in [1.29, 1.82) is 0 Å². The maximum Gasteiger partial charge on any atom is 0.313 e. The van der Waals surface area contributed by atoms with Crippen molar-refractivity contribution in [3.8, 4) is 0 Å². The van der Waals surface area contributed by atoms with Gasteiger partial charge in [-0.2, -0.15) is 0 Å². The zero-order chi connectivity index (χ0) is 13.7. The molecule has 19 heavy (non-hydrogen) atoms. The fraction of sp³-hybridized carbons (Fsp3) is 0.533. The molecule has 1 aromatic rings. The molecule has 2 rings (SSSR count). The van der Waals surface area contributed by atoms with E-state index in [9.17, 15) is 4.79 Å². The SMILES string of the molecule is CCOC(=O)C(CC1CCCO1)c1ccccc1Cl. The van der Waals surface area contributed by atoms with Crippen molar-refractivity contribution in [1.82, 2.24) is 0 Å². The van der Waals surface area contributed by atoms with Crippen LogP contribution in [0.15, 0.2) is 24.3 Å². The van der Waals surface area contributed by atoms with Gasteiger partial charge in [0.2, 0.25) is 0 Å².